The summed E-state index contributed by atoms with van der Waals surface area (Å²) >= 11 is 0. The van der Waals surface area contributed by atoms with Crippen molar-refractivity contribution in [3.63, 3.8) is 0 Å². The topological polar surface area (TPSA) is 88.1 Å². The maximum absolute atomic E-state index is 12.1. The molecule has 0 amide bonds. The molecule has 0 N–H and O–H groups in total. The fourth-order valence-electron chi connectivity index (χ4n) is 1.83. The summed E-state index contributed by atoms with van der Waals surface area (Å²) in [6.07, 6.45) is -0.650. The molecule has 2 rings (SSSR count). The van der Waals surface area contributed by atoms with Gasteiger partial charge in [-0.2, -0.15) is 0 Å². The van der Waals surface area contributed by atoms with Gasteiger partial charge in [-0.25, -0.2) is 24.2 Å². The van der Waals surface area contributed by atoms with Gasteiger partial charge >= 0.3 is 18.1 Å². The molecule has 1 atom stereocenters. The summed E-state index contributed by atoms with van der Waals surface area (Å²) in [5, 5.41) is 0. The average Bonchev–Trinajstić information content (AvgIpc) is 2.66. The maximum atomic E-state index is 12.1. The number of carbonyl (C=O) groups excluding carboxylic acids is 3. The summed E-state index contributed by atoms with van der Waals surface area (Å²) in [7, 11) is 0. The molecule has 136 valence electrons. The van der Waals surface area contributed by atoms with Gasteiger partial charge in [-0.1, -0.05) is 37.3 Å². The number of hydrogen-bond donors (Lipinski definition) is 0. The Balaban J connectivity index is 2.00. The van der Waals surface area contributed by atoms with E-state index in [0.717, 1.165) is 0 Å². The van der Waals surface area contributed by atoms with Crippen LogP contribution in [0.15, 0.2) is 54.6 Å². The smallest absolute Gasteiger partial charge is 0.431 e. The fourth-order valence-corrected chi connectivity index (χ4v) is 1.83. The van der Waals surface area contributed by atoms with E-state index in [1.165, 1.54) is 24.3 Å². The van der Waals surface area contributed by atoms with Crippen LogP contribution in [0.1, 0.15) is 41.0 Å². The quantitative estimate of drug-likeness (QED) is 0.346. The highest BCUT2D eigenvalue weighted by molar-refractivity contribution is 5.94. The van der Waals surface area contributed by atoms with Gasteiger partial charge < -0.3 is 9.47 Å². The Hall–Kier alpha value is -3.35. The van der Waals surface area contributed by atoms with Gasteiger partial charge in [-0.15, -0.1) is 0 Å². The van der Waals surface area contributed by atoms with Gasteiger partial charge in [-0.05, 0) is 37.6 Å². The molecular weight excluding hydrogens is 340 g/mol. The molecule has 2 aromatic carbocycles. The normalized spacial score (nSPS) is 11.2. The molecule has 0 aromatic heterocycles. The van der Waals surface area contributed by atoms with Crippen molar-refractivity contribution in [2.45, 2.75) is 26.4 Å². The molecule has 0 saturated carbocycles. The molecule has 7 heteroatoms. The molecule has 0 aliphatic heterocycles. The molecule has 0 aliphatic rings. The van der Waals surface area contributed by atoms with Gasteiger partial charge in [-0.3, -0.25) is 0 Å². The van der Waals surface area contributed by atoms with E-state index >= 15 is 0 Å². The standard InChI is InChI=1S/C19H18O7/c1-3-13(2)23-19(22)24-16-12-8-7-11-15(16)18(21)26-25-17(20)14-9-5-4-6-10-14/h4-13H,3H2,1-2H3. The third-order valence-electron chi connectivity index (χ3n) is 3.38. The molecule has 0 spiro atoms. The summed E-state index contributed by atoms with van der Waals surface area (Å²) in [5.74, 6) is -1.88. The van der Waals surface area contributed by atoms with Gasteiger partial charge in [0.15, 0.2) is 0 Å². The molecule has 2 aromatic rings. The second-order valence-corrected chi connectivity index (χ2v) is 5.29. The first-order valence-corrected chi connectivity index (χ1v) is 7.97. The van der Waals surface area contributed by atoms with E-state index in [9.17, 15) is 14.4 Å². The summed E-state index contributed by atoms with van der Waals surface area (Å²) in [6.45, 7) is 3.56. The van der Waals surface area contributed by atoms with Gasteiger partial charge in [0, 0.05) is 0 Å². The zero-order valence-corrected chi connectivity index (χ0v) is 14.3. The minimum atomic E-state index is -0.985. The van der Waals surface area contributed by atoms with Gasteiger partial charge in [0.05, 0.1) is 5.56 Å². The van der Waals surface area contributed by atoms with Crippen molar-refractivity contribution in [2.24, 2.45) is 0 Å². The third-order valence-corrected chi connectivity index (χ3v) is 3.38. The monoisotopic (exact) mass is 358 g/mol. The Labute approximate surface area is 150 Å². The lowest BCUT2D eigenvalue weighted by molar-refractivity contribution is -0.187. The van der Waals surface area contributed by atoms with Crippen molar-refractivity contribution in [3.8, 4) is 5.75 Å². The first kappa shape index (κ1) is 19.0. The molecule has 0 aliphatic carbocycles. The molecular formula is C19H18O7. The van der Waals surface area contributed by atoms with E-state index in [-0.39, 0.29) is 23.0 Å². The highest BCUT2D eigenvalue weighted by Gasteiger charge is 2.20. The van der Waals surface area contributed by atoms with E-state index in [2.05, 4.69) is 9.78 Å². The van der Waals surface area contributed by atoms with Crippen molar-refractivity contribution in [1.82, 2.24) is 0 Å². The maximum Gasteiger partial charge on any atom is 0.514 e. The van der Waals surface area contributed by atoms with Crippen LogP contribution in [0.3, 0.4) is 0 Å². The largest absolute Gasteiger partial charge is 0.514 e. The van der Waals surface area contributed by atoms with Crippen LogP contribution in [0.4, 0.5) is 4.79 Å². The van der Waals surface area contributed by atoms with Crippen LogP contribution in [-0.2, 0) is 14.5 Å². The lowest BCUT2D eigenvalue weighted by Gasteiger charge is -2.12. The van der Waals surface area contributed by atoms with Crippen molar-refractivity contribution in [2.75, 3.05) is 0 Å². The minimum absolute atomic E-state index is 0.0680. The van der Waals surface area contributed by atoms with E-state index in [1.54, 1.807) is 37.3 Å². The van der Waals surface area contributed by atoms with Crippen molar-refractivity contribution < 1.29 is 33.6 Å². The lowest BCUT2D eigenvalue weighted by atomic mass is 10.2. The first-order valence-electron chi connectivity index (χ1n) is 7.97. The molecule has 0 fully saturated rings. The molecule has 0 bridgehead atoms. The van der Waals surface area contributed by atoms with Crippen molar-refractivity contribution in [1.29, 1.82) is 0 Å². The van der Waals surface area contributed by atoms with Crippen LogP contribution < -0.4 is 4.74 Å². The Morgan fingerprint density at radius 1 is 0.885 bits per heavy atom. The first-order chi connectivity index (χ1) is 12.5. The minimum Gasteiger partial charge on any atom is -0.431 e. The Morgan fingerprint density at radius 2 is 1.50 bits per heavy atom. The molecule has 0 saturated heterocycles. The van der Waals surface area contributed by atoms with Gasteiger partial charge in [0.1, 0.15) is 17.4 Å². The lowest BCUT2D eigenvalue weighted by Crippen LogP contribution is -2.19. The van der Waals surface area contributed by atoms with E-state index in [4.69, 9.17) is 9.47 Å². The zero-order chi connectivity index (χ0) is 18.9. The second kappa shape index (κ2) is 9.22. The van der Waals surface area contributed by atoms with Gasteiger partial charge in [0.25, 0.3) is 0 Å². The predicted molar refractivity (Wildman–Crippen MR) is 90.6 cm³/mol. The number of hydrogen-bond acceptors (Lipinski definition) is 7. The number of ether oxygens (including phenoxy) is 2. The van der Waals surface area contributed by atoms with Crippen molar-refractivity contribution >= 4 is 18.1 Å². The Bertz CT molecular complexity index is 770. The molecule has 7 nitrogen and oxygen atoms in total. The number of carbonyl (C=O) groups is 3. The van der Waals surface area contributed by atoms with Crippen LogP contribution in [-0.4, -0.2) is 24.2 Å². The molecule has 0 heterocycles. The summed E-state index contributed by atoms with van der Waals surface area (Å²) in [6, 6.07) is 13.9. The second-order valence-electron chi connectivity index (χ2n) is 5.29. The highest BCUT2D eigenvalue weighted by Crippen LogP contribution is 2.20. The van der Waals surface area contributed by atoms with Crippen LogP contribution >= 0.6 is 0 Å². The van der Waals surface area contributed by atoms with Gasteiger partial charge in [0.2, 0.25) is 0 Å². The zero-order valence-electron chi connectivity index (χ0n) is 14.3. The molecule has 0 radical (unpaired) electrons. The SMILES string of the molecule is CCC(C)OC(=O)Oc1ccccc1C(=O)OOC(=O)c1ccccc1. The number of para-hydroxylation sites is 1. The van der Waals surface area contributed by atoms with Crippen molar-refractivity contribution in [3.05, 3.63) is 65.7 Å². The Kier molecular flexibility index (Phi) is 6.73. The van der Waals surface area contributed by atoms with E-state index < -0.39 is 18.1 Å². The summed E-state index contributed by atoms with van der Waals surface area (Å²) in [5.41, 5.74) is 0.136. The van der Waals surface area contributed by atoms with Crippen LogP contribution in [0.25, 0.3) is 0 Å². The van der Waals surface area contributed by atoms with E-state index in [1.807, 2.05) is 6.92 Å². The van der Waals surface area contributed by atoms with Crippen LogP contribution in [0, 0.1) is 0 Å². The summed E-state index contributed by atoms with van der Waals surface area (Å²) in [4.78, 5) is 44.7. The number of benzene rings is 2. The number of rotatable bonds is 5. The molecule has 1 unspecified atom stereocenters. The van der Waals surface area contributed by atoms with Crippen LogP contribution in [0.5, 0.6) is 5.75 Å². The highest BCUT2D eigenvalue weighted by atomic mass is 17.2. The fraction of sp³-hybridized carbons (Fsp3) is 0.211. The third kappa shape index (κ3) is 5.34. The van der Waals surface area contributed by atoms with E-state index in [0.29, 0.717) is 6.42 Å². The molecule has 26 heavy (non-hydrogen) atoms. The summed E-state index contributed by atoms with van der Waals surface area (Å²) < 4.78 is 10.0. The van der Waals surface area contributed by atoms with Crippen LogP contribution in [0.2, 0.25) is 0 Å². The Morgan fingerprint density at radius 3 is 2.19 bits per heavy atom. The predicted octanol–water partition coefficient (Wildman–Crippen LogP) is 3.93. The average molecular weight is 358 g/mol.